The molecule has 2 heterocycles. The summed E-state index contributed by atoms with van der Waals surface area (Å²) in [7, 11) is 4.87. The molecule has 0 fully saturated rings. The largest absolute Gasteiger partial charge is 0.497 e. The van der Waals surface area contributed by atoms with Crippen LogP contribution in [0, 0.1) is 0 Å². The van der Waals surface area contributed by atoms with Crippen LogP contribution in [0.3, 0.4) is 0 Å². The molecule has 170 valence electrons. The molecule has 0 unspecified atom stereocenters. The van der Waals surface area contributed by atoms with Gasteiger partial charge in [0.05, 0.1) is 27.5 Å². The van der Waals surface area contributed by atoms with Crippen molar-refractivity contribution < 1.29 is 18.6 Å². The van der Waals surface area contributed by atoms with E-state index in [1.165, 1.54) is 0 Å². The zero-order chi connectivity index (χ0) is 23.7. The van der Waals surface area contributed by atoms with E-state index in [1.54, 1.807) is 21.3 Å². The van der Waals surface area contributed by atoms with Crippen LogP contribution in [0.25, 0.3) is 39.1 Å². The number of rotatable bonds is 6. The van der Waals surface area contributed by atoms with Gasteiger partial charge in [-0.2, -0.15) is 0 Å². The molecule has 0 saturated carbocycles. The fourth-order valence-electron chi connectivity index (χ4n) is 4.06. The van der Waals surface area contributed by atoms with Crippen LogP contribution < -0.4 is 19.8 Å². The number of hydrogen-bond donors (Lipinski definition) is 0. The Hall–Kier alpha value is -4.45. The number of hydrogen-bond acceptors (Lipinski definition) is 5. The Morgan fingerprint density at radius 3 is 1.59 bits per heavy atom. The van der Waals surface area contributed by atoms with Crippen molar-refractivity contribution in [2.75, 3.05) is 21.3 Å². The highest BCUT2D eigenvalue weighted by molar-refractivity contribution is 5.94. The second-order valence-electron chi connectivity index (χ2n) is 7.74. The van der Waals surface area contributed by atoms with Crippen LogP contribution in [0.4, 0.5) is 0 Å². The lowest BCUT2D eigenvalue weighted by Gasteiger charge is -2.08. The van der Waals surface area contributed by atoms with Gasteiger partial charge in [-0.1, -0.05) is 24.3 Å². The number of fused-ring (bicyclic) bond motifs is 1. The molecule has 6 nitrogen and oxygen atoms in total. The molecule has 2 aromatic heterocycles. The fourth-order valence-corrected chi connectivity index (χ4v) is 4.06. The van der Waals surface area contributed by atoms with Gasteiger partial charge in [0.25, 0.3) is 0 Å². The van der Waals surface area contributed by atoms with Crippen molar-refractivity contribution in [2.45, 2.75) is 0 Å². The topological polar surface area (TPSA) is 62.3 Å². The van der Waals surface area contributed by atoms with Crippen molar-refractivity contribution in [2.24, 2.45) is 0 Å². The van der Waals surface area contributed by atoms with Crippen molar-refractivity contribution in [1.29, 1.82) is 0 Å². The van der Waals surface area contributed by atoms with Crippen LogP contribution in [0.15, 0.2) is 94.4 Å². The van der Waals surface area contributed by atoms with Crippen LogP contribution in [0.5, 0.6) is 17.2 Å². The smallest absolute Gasteiger partial charge is 0.361 e. The monoisotopic (exact) mass is 453 g/mol. The summed E-state index contributed by atoms with van der Waals surface area (Å²) in [6.45, 7) is 0. The van der Waals surface area contributed by atoms with Crippen molar-refractivity contribution in [1.82, 2.24) is 4.40 Å². The summed E-state index contributed by atoms with van der Waals surface area (Å²) in [5.41, 5.74) is 4.38. The zero-order valence-electron chi connectivity index (χ0n) is 19.1. The molecule has 0 bridgehead atoms. The third-order valence-electron chi connectivity index (χ3n) is 5.84. The fraction of sp³-hybridized carbons (Fsp3) is 0.107. The Morgan fingerprint density at radius 1 is 0.618 bits per heavy atom. The summed E-state index contributed by atoms with van der Waals surface area (Å²) in [5.74, 6) is 2.71. The first-order valence-corrected chi connectivity index (χ1v) is 10.7. The molecule has 6 heteroatoms. The molecule has 0 spiro atoms. The lowest BCUT2D eigenvalue weighted by molar-refractivity contribution is 0.414. The van der Waals surface area contributed by atoms with Crippen LogP contribution in [0.2, 0.25) is 0 Å². The lowest BCUT2D eigenvalue weighted by atomic mass is 9.97. The van der Waals surface area contributed by atoms with E-state index in [1.807, 2.05) is 89.6 Å². The predicted molar refractivity (Wildman–Crippen MR) is 132 cm³/mol. The van der Waals surface area contributed by atoms with Crippen molar-refractivity contribution >= 4 is 5.52 Å². The Bertz CT molecular complexity index is 1490. The molecule has 0 aliphatic carbocycles. The normalized spacial score (nSPS) is 10.9. The van der Waals surface area contributed by atoms with E-state index in [-0.39, 0.29) is 0 Å². The molecule has 5 rings (SSSR count). The molecule has 0 atom stereocenters. The standard InChI is InChI=1S/C28H23NO5/c1-31-21-10-4-18(5-11-21)24-16-29-17-25(19-6-12-22(32-2)13-7-19)34-28(30)27(29)26(24)20-8-14-23(33-3)15-9-20/h4-17H,1-3H3. The average molecular weight is 453 g/mol. The Kier molecular flexibility index (Phi) is 5.55. The summed E-state index contributed by atoms with van der Waals surface area (Å²) in [5, 5.41) is 0. The molecule has 0 N–H and O–H groups in total. The molecule has 3 aromatic carbocycles. The van der Waals surface area contributed by atoms with Gasteiger partial charge in [0, 0.05) is 22.9 Å². The minimum atomic E-state index is -0.418. The quantitative estimate of drug-likeness (QED) is 0.319. The maximum atomic E-state index is 13.3. The van der Waals surface area contributed by atoms with Gasteiger partial charge in [0.2, 0.25) is 0 Å². The van der Waals surface area contributed by atoms with Crippen molar-refractivity contribution in [3.8, 4) is 50.8 Å². The summed E-state index contributed by atoms with van der Waals surface area (Å²) in [4.78, 5) is 13.3. The maximum Gasteiger partial charge on any atom is 0.361 e. The summed E-state index contributed by atoms with van der Waals surface area (Å²) in [6, 6.07) is 22.8. The first-order valence-electron chi connectivity index (χ1n) is 10.7. The SMILES string of the molecule is COc1ccc(-c2cn3cc(-c4ccc(OC)cc4)c(-c4ccc(OC)cc4)c3c(=O)o2)cc1. The second kappa shape index (κ2) is 8.83. The van der Waals surface area contributed by atoms with Crippen molar-refractivity contribution in [3.63, 3.8) is 0 Å². The van der Waals surface area contributed by atoms with Gasteiger partial charge in [-0.3, -0.25) is 0 Å². The highest BCUT2D eigenvalue weighted by Crippen LogP contribution is 2.38. The molecule has 0 radical (unpaired) electrons. The zero-order valence-corrected chi connectivity index (χ0v) is 19.1. The number of aromatic nitrogens is 1. The van der Waals surface area contributed by atoms with E-state index in [9.17, 15) is 4.79 Å². The van der Waals surface area contributed by atoms with Gasteiger partial charge in [-0.25, -0.2) is 4.79 Å². The van der Waals surface area contributed by atoms with Gasteiger partial charge < -0.3 is 23.0 Å². The first-order chi connectivity index (χ1) is 16.6. The van der Waals surface area contributed by atoms with Crippen LogP contribution in [-0.2, 0) is 0 Å². The van der Waals surface area contributed by atoms with Gasteiger partial charge >= 0.3 is 5.63 Å². The van der Waals surface area contributed by atoms with Crippen LogP contribution in [-0.4, -0.2) is 25.7 Å². The van der Waals surface area contributed by atoms with E-state index in [4.69, 9.17) is 18.6 Å². The Balaban J connectivity index is 1.73. The second-order valence-corrected chi connectivity index (χ2v) is 7.74. The van der Waals surface area contributed by atoms with E-state index >= 15 is 0 Å². The molecule has 0 amide bonds. The minimum Gasteiger partial charge on any atom is -0.497 e. The maximum absolute atomic E-state index is 13.3. The Morgan fingerprint density at radius 2 is 1.09 bits per heavy atom. The molecule has 0 aliphatic heterocycles. The van der Waals surface area contributed by atoms with Crippen LogP contribution in [0.1, 0.15) is 0 Å². The highest BCUT2D eigenvalue weighted by Gasteiger charge is 2.19. The third kappa shape index (κ3) is 3.79. The van der Waals surface area contributed by atoms with Gasteiger partial charge in [0.15, 0.2) is 5.76 Å². The number of methoxy groups -OCH3 is 3. The summed E-state index contributed by atoms with van der Waals surface area (Å²) >= 11 is 0. The summed E-state index contributed by atoms with van der Waals surface area (Å²) in [6.07, 6.45) is 3.79. The third-order valence-corrected chi connectivity index (χ3v) is 5.84. The molecular weight excluding hydrogens is 430 g/mol. The van der Waals surface area contributed by atoms with E-state index < -0.39 is 5.63 Å². The number of benzene rings is 3. The van der Waals surface area contributed by atoms with Crippen LogP contribution >= 0.6 is 0 Å². The van der Waals surface area contributed by atoms with E-state index in [0.717, 1.165) is 45.1 Å². The predicted octanol–water partition coefficient (Wildman–Crippen LogP) is 5.92. The van der Waals surface area contributed by atoms with Gasteiger partial charge in [0.1, 0.15) is 22.8 Å². The van der Waals surface area contributed by atoms with Gasteiger partial charge in [-0.05, 0) is 59.7 Å². The Labute approximate surface area is 196 Å². The molecule has 0 aliphatic rings. The summed E-state index contributed by atoms with van der Waals surface area (Å²) < 4.78 is 23.5. The number of ether oxygens (including phenoxy) is 3. The van der Waals surface area contributed by atoms with Gasteiger partial charge in [-0.15, -0.1) is 0 Å². The first kappa shape index (κ1) is 21.4. The average Bonchev–Trinajstić information content (AvgIpc) is 3.29. The molecular formula is C28H23NO5. The van der Waals surface area contributed by atoms with Crippen molar-refractivity contribution in [3.05, 3.63) is 95.6 Å². The lowest BCUT2D eigenvalue weighted by Crippen LogP contribution is -2.05. The highest BCUT2D eigenvalue weighted by atomic mass is 16.5. The molecule has 0 saturated heterocycles. The molecule has 5 aromatic rings. The minimum absolute atomic E-state index is 0.418. The molecule has 34 heavy (non-hydrogen) atoms. The van der Waals surface area contributed by atoms with E-state index in [0.29, 0.717) is 11.3 Å². The number of nitrogens with zero attached hydrogens (tertiary/aromatic N) is 1. The van der Waals surface area contributed by atoms with E-state index in [2.05, 4.69) is 0 Å².